The van der Waals surface area contributed by atoms with Gasteiger partial charge in [-0.05, 0) is 32.0 Å². The molecule has 0 spiro atoms. The number of hydrogen-bond acceptors (Lipinski definition) is 4. The van der Waals surface area contributed by atoms with Gasteiger partial charge in [-0.1, -0.05) is 18.2 Å². The van der Waals surface area contributed by atoms with E-state index in [0.717, 1.165) is 30.2 Å². The van der Waals surface area contributed by atoms with Crippen LogP contribution in [-0.4, -0.2) is 43.6 Å². The van der Waals surface area contributed by atoms with Crippen LogP contribution in [0.3, 0.4) is 0 Å². The summed E-state index contributed by atoms with van der Waals surface area (Å²) in [7, 11) is 3.78. The van der Waals surface area contributed by atoms with Crippen LogP contribution in [0, 0.1) is 6.92 Å². The van der Waals surface area contributed by atoms with Crippen LogP contribution in [0.2, 0.25) is 0 Å². The third-order valence-corrected chi connectivity index (χ3v) is 3.54. The molecule has 0 atom stereocenters. The normalized spacial score (nSPS) is 10.9. The van der Waals surface area contributed by atoms with Gasteiger partial charge in [0, 0.05) is 26.3 Å². The standard InChI is InChI=1S/C16H24N4O/c1-13-15(9-10-17)16(19(2)11-12-21-3)20(18-13)14-7-5-4-6-8-14/h4-8H,9-12,17H2,1-3H3. The molecule has 0 aliphatic heterocycles. The molecule has 5 nitrogen and oxygen atoms in total. The van der Waals surface area contributed by atoms with Crippen molar-refractivity contribution in [2.75, 3.05) is 38.8 Å². The summed E-state index contributed by atoms with van der Waals surface area (Å²) >= 11 is 0. The van der Waals surface area contributed by atoms with Gasteiger partial charge in [0.1, 0.15) is 5.82 Å². The van der Waals surface area contributed by atoms with Crippen LogP contribution >= 0.6 is 0 Å². The molecule has 114 valence electrons. The first-order chi connectivity index (χ1) is 10.2. The molecule has 0 fully saturated rings. The lowest BCUT2D eigenvalue weighted by atomic mass is 10.1. The molecule has 0 amide bonds. The Morgan fingerprint density at radius 2 is 2.00 bits per heavy atom. The number of rotatable bonds is 7. The molecule has 0 unspecified atom stereocenters. The number of nitrogens with zero attached hydrogens (tertiary/aromatic N) is 3. The third kappa shape index (κ3) is 3.43. The van der Waals surface area contributed by atoms with Crippen molar-refractivity contribution in [2.24, 2.45) is 5.73 Å². The van der Waals surface area contributed by atoms with Crippen molar-refractivity contribution >= 4 is 5.82 Å². The van der Waals surface area contributed by atoms with Crippen molar-refractivity contribution in [3.63, 3.8) is 0 Å². The van der Waals surface area contributed by atoms with E-state index in [-0.39, 0.29) is 0 Å². The van der Waals surface area contributed by atoms with Crippen molar-refractivity contribution in [1.29, 1.82) is 0 Å². The van der Waals surface area contributed by atoms with Crippen LogP contribution in [0.25, 0.3) is 5.69 Å². The number of likely N-dealkylation sites (N-methyl/N-ethyl adjacent to an activating group) is 1. The minimum atomic E-state index is 0.618. The third-order valence-electron chi connectivity index (χ3n) is 3.54. The molecule has 0 saturated heterocycles. The molecule has 2 rings (SSSR count). The van der Waals surface area contributed by atoms with Gasteiger partial charge in [-0.25, -0.2) is 4.68 Å². The smallest absolute Gasteiger partial charge is 0.135 e. The van der Waals surface area contributed by atoms with E-state index >= 15 is 0 Å². The van der Waals surface area contributed by atoms with Crippen LogP contribution in [0.1, 0.15) is 11.3 Å². The number of aromatic nitrogens is 2. The van der Waals surface area contributed by atoms with E-state index in [9.17, 15) is 0 Å². The molecule has 21 heavy (non-hydrogen) atoms. The van der Waals surface area contributed by atoms with Gasteiger partial charge in [-0.2, -0.15) is 5.10 Å². The number of aryl methyl sites for hydroxylation is 1. The molecule has 0 bridgehead atoms. The maximum Gasteiger partial charge on any atom is 0.135 e. The Balaban J connectivity index is 2.47. The summed E-state index contributed by atoms with van der Waals surface area (Å²) in [5, 5.41) is 4.71. The lowest BCUT2D eigenvalue weighted by Crippen LogP contribution is -2.26. The van der Waals surface area contributed by atoms with Crippen molar-refractivity contribution < 1.29 is 4.74 Å². The maximum absolute atomic E-state index is 5.77. The van der Waals surface area contributed by atoms with Gasteiger partial charge in [0.05, 0.1) is 18.0 Å². The molecule has 2 aromatic rings. The Hall–Kier alpha value is -1.85. The van der Waals surface area contributed by atoms with Crippen LogP contribution in [0.4, 0.5) is 5.82 Å². The van der Waals surface area contributed by atoms with E-state index in [2.05, 4.69) is 24.1 Å². The zero-order chi connectivity index (χ0) is 15.2. The molecule has 2 N–H and O–H groups in total. The summed E-state index contributed by atoms with van der Waals surface area (Å²) < 4.78 is 7.19. The average Bonchev–Trinajstić information content (AvgIpc) is 2.83. The van der Waals surface area contributed by atoms with E-state index in [0.29, 0.717) is 13.2 Å². The summed E-state index contributed by atoms with van der Waals surface area (Å²) in [4.78, 5) is 2.18. The minimum absolute atomic E-state index is 0.618. The second-order valence-corrected chi connectivity index (χ2v) is 5.09. The summed E-state index contributed by atoms with van der Waals surface area (Å²) in [6.45, 7) is 4.15. The second kappa shape index (κ2) is 7.24. The fourth-order valence-corrected chi connectivity index (χ4v) is 2.46. The van der Waals surface area contributed by atoms with E-state index in [1.165, 1.54) is 5.56 Å². The molecular weight excluding hydrogens is 264 g/mol. The lowest BCUT2D eigenvalue weighted by molar-refractivity contribution is 0.206. The summed E-state index contributed by atoms with van der Waals surface area (Å²) in [5.41, 5.74) is 9.06. The minimum Gasteiger partial charge on any atom is -0.383 e. The van der Waals surface area contributed by atoms with Crippen LogP contribution in [0.15, 0.2) is 30.3 Å². The van der Waals surface area contributed by atoms with Gasteiger partial charge in [0.15, 0.2) is 0 Å². The lowest BCUT2D eigenvalue weighted by Gasteiger charge is -2.22. The second-order valence-electron chi connectivity index (χ2n) is 5.09. The first kappa shape index (κ1) is 15.5. The molecule has 0 aliphatic carbocycles. The molecule has 1 heterocycles. The summed E-state index contributed by atoms with van der Waals surface area (Å²) in [6.07, 6.45) is 0.825. The molecular formula is C16H24N4O. The number of methoxy groups -OCH3 is 1. The predicted molar refractivity (Wildman–Crippen MR) is 86.2 cm³/mol. The number of nitrogens with two attached hydrogens (primary N) is 1. The number of para-hydroxylation sites is 1. The monoisotopic (exact) mass is 288 g/mol. The number of hydrogen-bond donors (Lipinski definition) is 1. The van der Waals surface area contributed by atoms with Crippen molar-refractivity contribution in [1.82, 2.24) is 9.78 Å². The highest BCUT2D eigenvalue weighted by Gasteiger charge is 2.19. The number of benzene rings is 1. The van der Waals surface area contributed by atoms with Crippen molar-refractivity contribution in [3.05, 3.63) is 41.6 Å². The van der Waals surface area contributed by atoms with Gasteiger partial charge in [-0.3, -0.25) is 0 Å². The zero-order valence-electron chi connectivity index (χ0n) is 13.0. The van der Waals surface area contributed by atoms with Gasteiger partial charge in [0.2, 0.25) is 0 Å². The number of anilines is 1. The average molecular weight is 288 g/mol. The van der Waals surface area contributed by atoms with Crippen molar-refractivity contribution in [2.45, 2.75) is 13.3 Å². The zero-order valence-corrected chi connectivity index (χ0v) is 13.0. The first-order valence-electron chi connectivity index (χ1n) is 7.23. The van der Waals surface area contributed by atoms with E-state index in [1.807, 2.05) is 29.8 Å². The quantitative estimate of drug-likeness (QED) is 0.843. The molecule has 0 aliphatic rings. The topological polar surface area (TPSA) is 56.3 Å². The molecule has 5 heteroatoms. The summed E-state index contributed by atoms with van der Waals surface area (Å²) in [5.74, 6) is 1.10. The molecule has 0 radical (unpaired) electrons. The maximum atomic E-state index is 5.77. The Morgan fingerprint density at radius 1 is 1.29 bits per heavy atom. The van der Waals surface area contributed by atoms with Gasteiger partial charge < -0.3 is 15.4 Å². The number of ether oxygens (including phenoxy) is 1. The Bertz CT molecular complexity index is 565. The first-order valence-corrected chi connectivity index (χ1v) is 7.23. The van der Waals surface area contributed by atoms with E-state index < -0.39 is 0 Å². The summed E-state index contributed by atoms with van der Waals surface area (Å²) in [6, 6.07) is 10.2. The molecule has 1 aromatic heterocycles. The van der Waals surface area contributed by atoms with E-state index in [4.69, 9.17) is 15.6 Å². The van der Waals surface area contributed by atoms with E-state index in [1.54, 1.807) is 7.11 Å². The molecule has 1 aromatic carbocycles. The van der Waals surface area contributed by atoms with Crippen LogP contribution < -0.4 is 10.6 Å². The van der Waals surface area contributed by atoms with Gasteiger partial charge >= 0.3 is 0 Å². The fourth-order valence-electron chi connectivity index (χ4n) is 2.46. The van der Waals surface area contributed by atoms with Gasteiger partial charge in [0.25, 0.3) is 0 Å². The van der Waals surface area contributed by atoms with Crippen molar-refractivity contribution in [3.8, 4) is 5.69 Å². The fraction of sp³-hybridized carbons (Fsp3) is 0.438. The Labute approximate surface area is 126 Å². The highest BCUT2D eigenvalue weighted by atomic mass is 16.5. The predicted octanol–water partition coefficient (Wildman–Crippen LogP) is 1.76. The largest absolute Gasteiger partial charge is 0.383 e. The van der Waals surface area contributed by atoms with Crippen LogP contribution in [-0.2, 0) is 11.2 Å². The van der Waals surface area contributed by atoms with Gasteiger partial charge in [-0.15, -0.1) is 0 Å². The highest BCUT2D eigenvalue weighted by molar-refractivity contribution is 5.55. The molecule has 0 saturated carbocycles. The SMILES string of the molecule is COCCN(C)c1c(CCN)c(C)nn1-c1ccccc1. The van der Waals surface area contributed by atoms with Crippen LogP contribution in [0.5, 0.6) is 0 Å². The Morgan fingerprint density at radius 3 is 2.62 bits per heavy atom. The highest BCUT2D eigenvalue weighted by Crippen LogP contribution is 2.26. The Kier molecular flexibility index (Phi) is 5.36.